The molecule has 1 aliphatic carbocycles. The molecule has 0 radical (unpaired) electrons. The van der Waals surface area contributed by atoms with Gasteiger partial charge in [0.2, 0.25) is 0 Å². The van der Waals surface area contributed by atoms with Crippen molar-refractivity contribution in [2.45, 2.75) is 75.3 Å². The van der Waals surface area contributed by atoms with Crippen molar-refractivity contribution in [3.05, 3.63) is 46.3 Å². The van der Waals surface area contributed by atoms with Gasteiger partial charge in [0, 0.05) is 42.4 Å². The zero-order valence-electron chi connectivity index (χ0n) is 19.5. The predicted octanol–water partition coefficient (Wildman–Crippen LogP) is 3.75. The van der Waals surface area contributed by atoms with Gasteiger partial charge in [0.15, 0.2) is 0 Å². The van der Waals surface area contributed by atoms with Crippen LogP contribution >= 0.6 is 0 Å². The lowest BCUT2D eigenvalue weighted by Crippen LogP contribution is -2.43. The highest BCUT2D eigenvalue weighted by molar-refractivity contribution is 5.63. The zero-order valence-corrected chi connectivity index (χ0v) is 19.5. The van der Waals surface area contributed by atoms with Crippen LogP contribution in [0.1, 0.15) is 72.9 Å². The molecule has 2 saturated heterocycles. The fraction of sp³-hybridized carbons (Fsp3) is 0.577. The molecule has 34 heavy (non-hydrogen) atoms. The van der Waals surface area contributed by atoms with E-state index < -0.39 is 11.8 Å². The number of hydrogen-bond donors (Lipinski definition) is 1. The first-order valence-electron chi connectivity index (χ1n) is 12.3. The van der Waals surface area contributed by atoms with Crippen molar-refractivity contribution in [3.63, 3.8) is 0 Å². The number of halogens is 1. The first-order valence-corrected chi connectivity index (χ1v) is 12.3. The van der Waals surface area contributed by atoms with E-state index in [0.29, 0.717) is 55.8 Å². The third-order valence-corrected chi connectivity index (χ3v) is 8.47. The van der Waals surface area contributed by atoms with Crippen molar-refractivity contribution in [2.75, 3.05) is 25.4 Å². The van der Waals surface area contributed by atoms with E-state index in [-0.39, 0.29) is 5.54 Å². The van der Waals surface area contributed by atoms with Gasteiger partial charge in [-0.25, -0.2) is 9.37 Å². The molecule has 0 bridgehead atoms. The van der Waals surface area contributed by atoms with Crippen LogP contribution in [0.15, 0.2) is 18.3 Å². The number of rotatable bonds is 3. The summed E-state index contributed by atoms with van der Waals surface area (Å²) in [6.45, 7) is 4.39. The highest BCUT2D eigenvalue weighted by Gasteiger charge is 2.50. The van der Waals surface area contributed by atoms with Crippen LogP contribution < -0.4 is 10.5 Å². The van der Waals surface area contributed by atoms with Gasteiger partial charge in [-0.15, -0.1) is 0 Å². The van der Waals surface area contributed by atoms with Gasteiger partial charge in [0.1, 0.15) is 24.4 Å². The summed E-state index contributed by atoms with van der Waals surface area (Å²) in [6, 6.07) is 6.53. The van der Waals surface area contributed by atoms with Crippen LogP contribution in [0.2, 0.25) is 0 Å². The van der Waals surface area contributed by atoms with E-state index in [1.807, 2.05) is 12.1 Å². The molecule has 8 heteroatoms. The molecule has 178 valence electrons. The molecule has 3 aliphatic heterocycles. The Hall–Kier alpha value is -2.76. The van der Waals surface area contributed by atoms with Crippen molar-refractivity contribution < 1.29 is 13.9 Å². The summed E-state index contributed by atoms with van der Waals surface area (Å²) in [4.78, 5) is 11.4. The maximum absolute atomic E-state index is 14.1. The van der Waals surface area contributed by atoms with Gasteiger partial charge in [-0.05, 0) is 49.8 Å². The number of ether oxygens (including phenoxy) is 2. The summed E-state index contributed by atoms with van der Waals surface area (Å²) in [6.07, 6.45) is 5.83. The fourth-order valence-corrected chi connectivity index (χ4v) is 6.66. The molecular formula is C26H30FN5O2. The summed E-state index contributed by atoms with van der Waals surface area (Å²) in [7, 11) is 0. The summed E-state index contributed by atoms with van der Waals surface area (Å²) in [5.74, 6) is 0.335. The fourth-order valence-electron chi connectivity index (χ4n) is 6.66. The molecule has 2 fully saturated rings. The third kappa shape index (κ3) is 3.29. The van der Waals surface area contributed by atoms with Crippen LogP contribution in [0.25, 0.3) is 0 Å². The van der Waals surface area contributed by atoms with E-state index >= 15 is 0 Å². The van der Waals surface area contributed by atoms with Crippen LogP contribution in [0.5, 0.6) is 6.01 Å². The maximum atomic E-state index is 14.1. The number of nitrogens with zero attached hydrogens (tertiary/aromatic N) is 4. The molecular weight excluding hydrogens is 433 g/mol. The molecule has 6 rings (SSSR count). The molecule has 2 N–H and O–H groups in total. The minimum atomic E-state index is -0.791. The Bertz CT molecular complexity index is 1180. The van der Waals surface area contributed by atoms with E-state index in [2.05, 4.69) is 22.9 Å². The van der Waals surface area contributed by atoms with Crippen LogP contribution in [0.4, 0.5) is 10.1 Å². The summed E-state index contributed by atoms with van der Waals surface area (Å²) >= 11 is 0. The van der Waals surface area contributed by atoms with Crippen molar-refractivity contribution in [2.24, 2.45) is 0 Å². The molecule has 4 aliphatic rings. The predicted molar refractivity (Wildman–Crippen MR) is 124 cm³/mol. The second-order valence-corrected chi connectivity index (χ2v) is 10.5. The monoisotopic (exact) mass is 463 g/mol. The molecule has 4 unspecified atom stereocenters. The third-order valence-electron chi connectivity index (χ3n) is 8.47. The number of fused-ring (bicyclic) bond motifs is 4. The van der Waals surface area contributed by atoms with Crippen LogP contribution in [-0.4, -0.2) is 46.3 Å². The van der Waals surface area contributed by atoms with Gasteiger partial charge in [0.05, 0.1) is 23.4 Å². The number of nitrogens with two attached hydrogens (primary N) is 1. The Kier molecular flexibility index (Phi) is 5.05. The smallest absolute Gasteiger partial charge is 0.316 e. The van der Waals surface area contributed by atoms with Crippen molar-refractivity contribution >= 4 is 5.69 Å². The number of anilines is 1. The number of nitriles is 1. The van der Waals surface area contributed by atoms with Crippen molar-refractivity contribution in [3.8, 4) is 12.1 Å². The molecule has 1 aromatic carbocycles. The standard InChI is InChI=1S/C26H30FN5O2/c1-16-5-7-26(23-19(16)3-4-21(29)20(23)11-28)10-22-17(14-34-26)12-30-24(31-22)33-15-25-6-2-8-32(25)13-18(27)9-25/h3-4,12,16,18H,2,5-10,13-15,29H2,1H3. The minimum absolute atomic E-state index is 0.235. The lowest BCUT2D eigenvalue weighted by molar-refractivity contribution is -0.0875. The van der Waals surface area contributed by atoms with Crippen molar-refractivity contribution in [1.82, 2.24) is 14.9 Å². The molecule has 4 atom stereocenters. The SMILES string of the molecule is CC1CCC2(Cc3nc(OCC45CCCN4CC(F)C5)ncc3CO2)c2c1ccc(N)c2C#N. The van der Waals surface area contributed by atoms with E-state index in [9.17, 15) is 9.65 Å². The Labute approximate surface area is 199 Å². The Morgan fingerprint density at radius 1 is 1.38 bits per heavy atom. The largest absolute Gasteiger partial charge is 0.461 e. The highest BCUT2D eigenvalue weighted by Crippen LogP contribution is 2.50. The normalized spacial score (nSPS) is 32.1. The minimum Gasteiger partial charge on any atom is -0.461 e. The number of aromatic nitrogens is 2. The van der Waals surface area contributed by atoms with Gasteiger partial charge in [0.25, 0.3) is 0 Å². The van der Waals surface area contributed by atoms with Crippen LogP contribution in [0, 0.1) is 11.3 Å². The zero-order chi connectivity index (χ0) is 23.5. The van der Waals surface area contributed by atoms with Gasteiger partial charge >= 0.3 is 6.01 Å². The second kappa shape index (κ2) is 7.89. The first-order chi connectivity index (χ1) is 16.4. The van der Waals surface area contributed by atoms with E-state index in [1.165, 1.54) is 0 Å². The van der Waals surface area contributed by atoms with E-state index in [1.54, 1.807) is 6.20 Å². The molecule has 7 nitrogen and oxygen atoms in total. The molecule has 0 amide bonds. The van der Waals surface area contributed by atoms with Crippen LogP contribution in [0.3, 0.4) is 0 Å². The van der Waals surface area contributed by atoms with Gasteiger partial charge < -0.3 is 15.2 Å². The second-order valence-electron chi connectivity index (χ2n) is 10.5. The van der Waals surface area contributed by atoms with Crippen molar-refractivity contribution in [1.29, 1.82) is 5.26 Å². The number of nitrogen functional groups attached to an aromatic ring is 1. The summed E-state index contributed by atoms with van der Waals surface area (Å²) < 4.78 is 26.7. The van der Waals surface area contributed by atoms with Gasteiger partial charge in [-0.1, -0.05) is 13.0 Å². The summed E-state index contributed by atoms with van der Waals surface area (Å²) in [5, 5.41) is 9.92. The average molecular weight is 464 g/mol. The molecule has 1 aromatic heterocycles. The quantitative estimate of drug-likeness (QED) is 0.693. The number of benzene rings is 1. The molecule has 0 saturated carbocycles. The topological polar surface area (TPSA) is 97.3 Å². The van der Waals surface area contributed by atoms with Crippen LogP contribution in [-0.2, 0) is 23.4 Å². The van der Waals surface area contributed by atoms with Gasteiger partial charge in [-0.2, -0.15) is 10.2 Å². The molecule has 2 aromatic rings. The average Bonchev–Trinajstić information content (AvgIpc) is 3.35. The number of alkyl halides is 1. The number of hydrogen-bond acceptors (Lipinski definition) is 7. The van der Waals surface area contributed by atoms with Gasteiger partial charge in [-0.3, -0.25) is 4.90 Å². The molecule has 4 heterocycles. The van der Waals surface area contributed by atoms with E-state index in [0.717, 1.165) is 54.6 Å². The summed E-state index contributed by atoms with van der Waals surface area (Å²) in [5.41, 5.74) is 10.2. The lowest BCUT2D eigenvalue weighted by Gasteiger charge is -2.44. The Balaban J connectivity index is 1.30. The first kappa shape index (κ1) is 21.8. The highest BCUT2D eigenvalue weighted by atomic mass is 19.1. The lowest BCUT2D eigenvalue weighted by atomic mass is 9.69. The Morgan fingerprint density at radius 2 is 2.26 bits per heavy atom. The maximum Gasteiger partial charge on any atom is 0.316 e. The van der Waals surface area contributed by atoms with E-state index in [4.69, 9.17) is 20.2 Å². The molecule has 1 spiro atoms. The Morgan fingerprint density at radius 3 is 3.12 bits per heavy atom.